The van der Waals surface area contributed by atoms with Gasteiger partial charge in [-0.2, -0.15) is 0 Å². The molecule has 1 saturated carbocycles. The van der Waals surface area contributed by atoms with Gasteiger partial charge in [-0.25, -0.2) is 0 Å². The van der Waals surface area contributed by atoms with Gasteiger partial charge < -0.3 is 9.64 Å². The summed E-state index contributed by atoms with van der Waals surface area (Å²) in [6.07, 6.45) is 5.13. The lowest BCUT2D eigenvalue weighted by Gasteiger charge is -2.32. The number of ether oxygens (including phenoxy) is 1. The van der Waals surface area contributed by atoms with Gasteiger partial charge in [0.15, 0.2) is 0 Å². The van der Waals surface area contributed by atoms with Gasteiger partial charge in [-0.05, 0) is 36.0 Å². The van der Waals surface area contributed by atoms with Gasteiger partial charge in [0, 0.05) is 18.1 Å². The Morgan fingerprint density at radius 3 is 2.21 bits per heavy atom. The van der Waals surface area contributed by atoms with Crippen LogP contribution in [0.1, 0.15) is 24.4 Å². The quantitative estimate of drug-likeness (QED) is 0.560. The standard InChI is InChI=1S/C22H23ClN2O4/c23-16-5-3-13(4-6-16)17(12-18(26)24-7-9-29-10-8-24)25-21(27)19-14-1-2-15(11-14)20(19)22(25)28/h1-6,14-15,17,19-20H,7-12H2. The second-order valence-electron chi connectivity index (χ2n) is 8.31. The van der Waals surface area contributed by atoms with Gasteiger partial charge in [0.1, 0.15) is 0 Å². The summed E-state index contributed by atoms with van der Waals surface area (Å²) in [4.78, 5) is 42.8. The van der Waals surface area contributed by atoms with Crippen molar-refractivity contribution >= 4 is 29.3 Å². The van der Waals surface area contributed by atoms with Crippen molar-refractivity contribution < 1.29 is 19.1 Å². The third-order valence-electron chi connectivity index (χ3n) is 6.80. The van der Waals surface area contributed by atoms with E-state index in [9.17, 15) is 14.4 Å². The highest BCUT2D eigenvalue weighted by Crippen LogP contribution is 2.54. The topological polar surface area (TPSA) is 66.9 Å². The van der Waals surface area contributed by atoms with E-state index in [1.54, 1.807) is 29.2 Å². The molecule has 1 aromatic carbocycles. The van der Waals surface area contributed by atoms with Crippen molar-refractivity contribution in [1.82, 2.24) is 9.80 Å². The van der Waals surface area contributed by atoms with Gasteiger partial charge in [-0.3, -0.25) is 19.3 Å². The highest BCUT2D eigenvalue weighted by molar-refractivity contribution is 6.30. The summed E-state index contributed by atoms with van der Waals surface area (Å²) in [5, 5.41) is 0.574. The van der Waals surface area contributed by atoms with Gasteiger partial charge >= 0.3 is 0 Å². The van der Waals surface area contributed by atoms with Crippen LogP contribution in [0.15, 0.2) is 36.4 Å². The Morgan fingerprint density at radius 1 is 1.03 bits per heavy atom. The molecular formula is C22H23ClN2O4. The number of amides is 3. The van der Waals surface area contributed by atoms with Crippen LogP contribution in [0, 0.1) is 23.7 Å². The number of allylic oxidation sites excluding steroid dienone is 2. The molecule has 4 aliphatic rings. The maximum atomic E-state index is 13.3. The minimum atomic E-state index is -0.604. The molecule has 29 heavy (non-hydrogen) atoms. The summed E-state index contributed by atoms with van der Waals surface area (Å²) in [6.45, 7) is 2.09. The van der Waals surface area contributed by atoms with Crippen molar-refractivity contribution in [3.8, 4) is 0 Å². The summed E-state index contributed by atoms with van der Waals surface area (Å²) in [7, 11) is 0. The van der Waals surface area contributed by atoms with Crippen molar-refractivity contribution in [3.63, 3.8) is 0 Å². The monoisotopic (exact) mass is 414 g/mol. The number of rotatable bonds is 4. The Bertz CT molecular complexity index is 847. The molecule has 2 bridgehead atoms. The minimum absolute atomic E-state index is 0.0630. The van der Waals surface area contributed by atoms with Crippen LogP contribution in [0.2, 0.25) is 5.02 Å². The van der Waals surface area contributed by atoms with Gasteiger partial charge in [0.25, 0.3) is 0 Å². The number of nitrogens with zero attached hydrogens (tertiary/aromatic N) is 2. The van der Waals surface area contributed by atoms with Crippen LogP contribution < -0.4 is 0 Å². The first-order chi connectivity index (χ1) is 14.0. The number of carbonyl (C=O) groups is 3. The number of hydrogen-bond donors (Lipinski definition) is 0. The molecule has 0 radical (unpaired) electrons. The molecule has 0 spiro atoms. The summed E-state index contributed by atoms with van der Waals surface area (Å²) >= 11 is 6.04. The normalized spacial score (nSPS) is 31.5. The lowest BCUT2D eigenvalue weighted by Crippen LogP contribution is -2.44. The number of carbonyl (C=O) groups excluding carboxylic acids is 3. The predicted octanol–water partition coefficient (Wildman–Crippen LogP) is 2.44. The van der Waals surface area contributed by atoms with E-state index in [0.29, 0.717) is 31.3 Å². The molecule has 2 aliphatic heterocycles. The van der Waals surface area contributed by atoms with Crippen LogP contribution in [0.5, 0.6) is 0 Å². The number of morpholine rings is 1. The van der Waals surface area contributed by atoms with Crippen molar-refractivity contribution in [2.24, 2.45) is 23.7 Å². The third-order valence-corrected chi connectivity index (χ3v) is 7.05. The molecule has 1 aromatic rings. The zero-order chi connectivity index (χ0) is 20.1. The molecule has 6 nitrogen and oxygen atoms in total. The number of hydrogen-bond acceptors (Lipinski definition) is 4. The maximum absolute atomic E-state index is 13.3. The van der Waals surface area contributed by atoms with E-state index < -0.39 is 6.04 Å². The molecule has 0 aromatic heterocycles. The van der Waals surface area contributed by atoms with E-state index in [4.69, 9.17) is 16.3 Å². The Labute approximate surface area is 174 Å². The van der Waals surface area contributed by atoms with Crippen LogP contribution in [0.25, 0.3) is 0 Å². The number of benzene rings is 1. The summed E-state index contributed by atoms with van der Waals surface area (Å²) in [6, 6.07) is 6.48. The molecular weight excluding hydrogens is 392 g/mol. The SMILES string of the molecule is O=C(CC(c1ccc(Cl)cc1)N1C(=O)C2C3C=CC(C3)C2C1=O)N1CCOCC1. The van der Waals surface area contributed by atoms with Crippen LogP contribution in [0.3, 0.4) is 0 Å². The van der Waals surface area contributed by atoms with Crippen molar-refractivity contribution in [1.29, 1.82) is 0 Å². The Kier molecular flexibility index (Phi) is 4.71. The van der Waals surface area contributed by atoms with Crippen LogP contribution >= 0.6 is 11.6 Å². The fourth-order valence-electron chi connectivity index (χ4n) is 5.38. The number of imide groups is 1. The third kappa shape index (κ3) is 3.09. The number of likely N-dealkylation sites (tertiary alicyclic amines) is 1. The first-order valence-electron chi connectivity index (χ1n) is 10.2. The van der Waals surface area contributed by atoms with E-state index in [1.165, 1.54) is 4.90 Å². The average Bonchev–Trinajstić information content (AvgIpc) is 3.42. The van der Waals surface area contributed by atoms with Crippen molar-refractivity contribution in [2.45, 2.75) is 18.9 Å². The number of fused-ring (bicyclic) bond motifs is 5. The van der Waals surface area contributed by atoms with E-state index in [1.807, 2.05) is 0 Å². The fourth-order valence-corrected chi connectivity index (χ4v) is 5.51. The van der Waals surface area contributed by atoms with E-state index in [2.05, 4.69) is 12.2 Å². The average molecular weight is 415 g/mol. The Morgan fingerprint density at radius 2 is 1.62 bits per heavy atom. The van der Waals surface area contributed by atoms with Gasteiger partial charge in [0.05, 0.1) is 37.5 Å². The van der Waals surface area contributed by atoms with Gasteiger partial charge in [-0.1, -0.05) is 35.9 Å². The number of halogens is 1. The van der Waals surface area contributed by atoms with E-state index in [0.717, 1.165) is 12.0 Å². The molecule has 5 atom stereocenters. The molecule has 2 saturated heterocycles. The predicted molar refractivity (Wildman–Crippen MR) is 106 cm³/mol. The highest BCUT2D eigenvalue weighted by Gasteiger charge is 2.60. The van der Waals surface area contributed by atoms with Crippen LogP contribution in [-0.4, -0.2) is 53.8 Å². The first kappa shape index (κ1) is 18.8. The van der Waals surface area contributed by atoms with Crippen molar-refractivity contribution in [2.75, 3.05) is 26.3 Å². The zero-order valence-electron chi connectivity index (χ0n) is 16.0. The Balaban J connectivity index is 1.45. The summed E-state index contributed by atoms with van der Waals surface area (Å²) in [5.74, 6) is -0.582. The largest absolute Gasteiger partial charge is 0.378 e. The van der Waals surface area contributed by atoms with Crippen LogP contribution in [-0.2, 0) is 19.1 Å². The van der Waals surface area contributed by atoms with Gasteiger partial charge in [-0.15, -0.1) is 0 Å². The molecule has 7 heteroatoms. The maximum Gasteiger partial charge on any atom is 0.234 e. The van der Waals surface area contributed by atoms with E-state index >= 15 is 0 Å². The lowest BCUT2D eigenvalue weighted by molar-refractivity contribution is -0.146. The fraction of sp³-hybridized carbons (Fsp3) is 0.500. The van der Waals surface area contributed by atoms with E-state index in [-0.39, 0.29) is 47.8 Å². The molecule has 2 heterocycles. The minimum Gasteiger partial charge on any atom is -0.378 e. The molecule has 5 unspecified atom stereocenters. The molecule has 3 amide bonds. The molecule has 0 N–H and O–H groups in total. The van der Waals surface area contributed by atoms with Crippen molar-refractivity contribution in [3.05, 3.63) is 47.0 Å². The second-order valence-corrected chi connectivity index (χ2v) is 8.75. The molecule has 152 valence electrons. The highest BCUT2D eigenvalue weighted by atomic mass is 35.5. The smallest absolute Gasteiger partial charge is 0.234 e. The summed E-state index contributed by atoms with van der Waals surface area (Å²) < 4.78 is 5.33. The second kappa shape index (κ2) is 7.26. The van der Waals surface area contributed by atoms with Crippen LogP contribution in [0.4, 0.5) is 0 Å². The lowest BCUT2D eigenvalue weighted by atomic mass is 9.85. The zero-order valence-corrected chi connectivity index (χ0v) is 16.8. The molecule has 3 fully saturated rings. The van der Waals surface area contributed by atoms with Gasteiger partial charge in [0.2, 0.25) is 17.7 Å². The summed E-state index contributed by atoms with van der Waals surface area (Å²) in [5.41, 5.74) is 0.762. The molecule has 2 aliphatic carbocycles. The Hall–Kier alpha value is -2.18. The first-order valence-corrected chi connectivity index (χ1v) is 10.6. The molecule has 5 rings (SSSR count).